The van der Waals surface area contributed by atoms with Crippen LogP contribution in [-0.2, 0) is 0 Å². The highest BCUT2D eigenvalue weighted by atomic mass is 79.9. The van der Waals surface area contributed by atoms with Crippen LogP contribution in [0.5, 0.6) is 0 Å². The third-order valence-electron chi connectivity index (χ3n) is 2.41. The van der Waals surface area contributed by atoms with Crippen molar-refractivity contribution in [3.05, 3.63) is 34.1 Å². The van der Waals surface area contributed by atoms with Crippen LogP contribution in [0.15, 0.2) is 22.7 Å². The summed E-state index contributed by atoms with van der Waals surface area (Å²) in [6, 6.07) is 4.62. The Morgan fingerprint density at radius 2 is 2.17 bits per heavy atom. The average Bonchev–Trinajstić information content (AvgIpc) is 2.29. The third kappa shape index (κ3) is 4.58. The molecule has 0 aliphatic heterocycles. The second kappa shape index (κ2) is 7.10. The molecule has 0 radical (unpaired) electrons. The molecule has 1 N–H and O–H groups in total. The van der Waals surface area contributed by atoms with Gasteiger partial charge in [0.2, 0.25) is 0 Å². The fourth-order valence-corrected chi connectivity index (χ4v) is 2.37. The van der Waals surface area contributed by atoms with Crippen molar-refractivity contribution in [2.24, 2.45) is 5.92 Å². The molecule has 0 spiro atoms. The maximum atomic E-state index is 13.6. The molecule has 1 unspecified atom stereocenters. The van der Waals surface area contributed by atoms with Gasteiger partial charge in [-0.1, -0.05) is 19.9 Å². The minimum Gasteiger partial charge on any atom is -0.350 e. The van der Waals surface area contributed by atoms with E-state index in [1.807, 2.05) is 0 Å². The second-order valence-corrected chi connectivity index (χ2v) is 6.01. The molecular formula is C13H16BrClFNO. The van der Waals surface area contributed by atoms with Gasteiger partial charge in [-0.05, 0) is 40.4 Å². The number of hydrogen-bond acceptors (Lipinski definition) is 1. The van der Waals surface area contributed by atoms with Crippen LogP contribution in [0.4, 0.5) is 4.39 Å². The SMILES string of the molecule is CC(C)CC(Cl)CNC(=O)c1cccc(Br)c1F. The summed E-state index contributed by atoms with van der Waals surface area (Å²) in [7, 11) is 0. The monoisotopic (exact) mass is 335 g/mol. The number of carbonyl (C=O) groups is 1. The minimum atomic E-state index is -0.551. The first-order valence-corrected chi connectivity index (χ1v) is 7.01. The predicted molar refractivity (Wildman–Crippen MR) is 75.5 cm³/mol. The number of carbonyl (C=O) groups excluding carboxylic acids is 1. The normalized spacial score (nSPS) is 12.6. The van der Waals surface area contributed by atoms with Gasteiger partial charge in [0, 0.05) is 6.54 Å². The zero-order valence-electron chi connectivity index (χ0n) is 10.3. The lowest BCUT2D eigenvalue weighted by molar-refractivity contribution is 0.0948. The van der Waals surface area contributed by atoms with Crippen molar-refractivity contribution in [2.45, 2.75) is 25.6 Å². The Morgan fingerprint density at radius 1 is 1.50 bits per heavy atom. The van der Waals surface area contributed by atoms with E-state index in [4.69, 9.17) is 11.6 Å². The van der Waals surface area contributed by atoms with Crippen molar-refractivity contribution in [1.29, 1.82) is 0 Å². The minimum absolute atomic E-state index is 0.0257. The third-order valence-corrected chi connectivity index (χ3v) is 3.35. The van der Waals surface area contributed by atoms with Crippen LogP contribution in [0.3, 0.4) is 0 Å². The highest BCUT2D eigenvalue weighted by molar-refractivity contribution is 9.10. The van der Waals surface area contributed by atoms with E-state index in [0.29, 0.717) is 12.5 Å². The number of rotatable bonds is 5. The summed E-state index contributed by atoms with van der Waals surface area (Å²) in [5.41, 5.74) is 0.0257. The van der Waals surface area contributed by atoms with Crippen LogP contribution in [-0.4, -0.2) is 17.8 Å². The predicted octanol–water partition coefficient (Wildman–Crippen LogP) is 3.97. The van der Waals surface area contributed by atoms with Gasteiger partial charge in [-0.2, -0.15) is 0 Å². The molecule has 1 aromatic carbocycles. The quantitative estimate of drug-likeness (QED) is 0.810. The van der Waals surface area contributed by atoms with E-state index < -0.39 is 11.7 Å². The van der Waals surface area contributed by atoms with Crippen molar-refractivity contribution < 1.29 is 9.18 Å². The van der Waals surface area contributed by atoms with Gasteiger partial charge in [0.15, 0.2) is 0 Å². The molecule has 5 heteroatoms. The van der Waals surface area contributed by atoms with E-state index >= 15 is 0 Å². The molecule has 1 rings (SSSR count). The summed E-state index contributed by atoms with van der Waals surface area (Å²) < 4.78 is 13.9. The molecule has 0 saturated heterocycles. The van der Waals surface area contributed by atoms with E-state index in [0.717, 1.165) is 6.42 Å². The molecule has 1 aromatic rings. The van der Waals surface area contributed by atoms with Gasteiger partial charge in [-0.15, -0.1) is 11.6 Å². The molecule has 18 heavy (non-hydrogen) atoms. The number of benzene rings is 1. The molecule has 2 nitrogen and oxygen atoms in total. The lowest BCUT2D eigenvalue weighted by atomic mass is 10.1. The maximum Gasteiger partial charge on any atom is 0.254 e. The summed E-state index contributed by atoms with van der Waals surface area (Å²) in [6.45, 7) is 4.46. The van der Waals surface area contributed by atoms with Crippen molar-refractivity contribution in [3.8, 4) is 0 Å². The standard InChI is InChI=1S/C13H16BrClFNO/c1-8(2)6-9(15)7-17-13(18)10-4-3-5-11(14)12(10)16/h3-5,8-9H,6-7H2,1-2H3,(H,17,18). The molecule has 1 atom stereocenters. The molecule has 0 bridgehead atoms. The largest absolute Gasteiger partial charge is 0.350 e. The van der Waals surface area contributed by atoms with E-state index in [1.54, 1.807) is 12.1 Å². The van der Waals surface area contributed by atoms with Crippen LogP contribution in [0.2, 0.25) is 0 Å². The van der Waals surface area contributed by atoms with Crippen molar-refractivity contribution in [1.82, 2.24) is 5.32 Å². The highest BCUT2D eigenvalue weighted by Crippen LogP contribution is 2.18. The molecule has 0 aliphatic rings. The molecule has 0 saturated carbocycles. The first-order valence-electron chi connectivity index (χ1n) is 5.78. The molecule has 0 aromatic heterocycles. The lowest BCUT2D eigenvalue weighted by Gasteiger charge is -2.13. The zero-order valence-corrected chi connectivity index (χ0v) is 12.7. The van der Waals surface area contributed by atoms with Crippen LogP contribution < -0.4 is 5.32 Å². The average molecular weight is 337 g/mol. The Morgan fingerprint density at radius 3 is 2.78 bits per heavy atom. The molecule has 0 aliphatic carbocycles. The van der Waals surface area contributed by atoms with Gasteiger partial charge >= 0.3 is 0 Å². The van der Waals surface area contributed by atoms with E-state index in [-0.39, 0.29) is 15.4 Å². The van der Waals surface area contributed by atoms with Gasteiger partial charge in [-0.3, -0.25) is 4.79 Å². The fourth-order valence-electron chi connectivity index (χ4n) is 1.57. The van der Waals surface area contributed by atoms with Crippen LogP contribution in [0.1, 0.15) is 30.6 Å². The first kappa shape index (κ1) is 15.4. The lowest BCUT2D eigenvalue weighted by Crippen LogP contribution is -2.31. The van der Waals surface area contributed by atoms with Crippen molar-refractivity contribution in [2.75, 3.05) is 6.54 Å². The molecule has 0 fully saturated rings. The Labute approximate surface area is 120 Å². The Bertz CT molecular complexity index is 425. The van der Waals surface area contributed by atoms with Crippen LogP contribution in [0, 0.1) is 11.7 Å². The van der Waals surface area contributed by atoms with Gasteiger partial charge in [-0.25, -0.2) is 4.39 Å². The number of amides is 1. The van der Waals surface area contributed by atoms with E-state index in [1.165, 1.54) is 6.07 Å². The number of alkyl halides is 1. The van der Waals surface area contributed by atoms with Gasteiger partial charge in [0.1, 0.15) is 5.82 Å². The summed E-state index contributed by atoms with van der Waals surface area (Å²) in [6.07, 6.45) is 0.808. The Hall–Kier alpha value is -0.610. The maximum absolute atomic E-state index is 13.6. The van der Waals surface area contributed by atoms with Crippen molar-refractivity contribution in [3.63, 3.8) is 0 Å². The summed E-state index contributed by atoms with van der Waals surface area (Å²) in [5, 5.41) is 2.51. The number of nitrogens with one attached hydrogen (secondary N) is 1. The number of hydrogen-bond donors (Lipinski definition) is 1. The summed E-state index contributed by atoms with van der Waals surface area (Å²) in [5.74, 6) is -0.528. The number of halogens is 3. The van der Waals surface area contributed by atoms with Crippen LogP contribution in [0.25, 0.3) is 0 Å². The highest BCUT2D eigenvalue weighted by Gasteiger charge is 2.15. The molecule has 1 amide bonds. The van der Waals surface area contributed by atoms with Crippen molar-refractivity contribution >= 4 is 33.4 Å². The smallest absolute Gasteiger partial charge is 0.254 e. The first-order chi connectivity index (χ1) is 8.41. The Kier molecular flexibility index (Phi) is 6.09. The van der Waals surface area contributed by atoms with E-state index in [2.05, 4.69) is 35.1 Å². The van der Waals surface area contributed by atoms with Gasteiger partial charge < -0.3 is 5.32 Å². The van der Waals surface area contributed by atoms with Gasteiger partial charge in [0.25, 0.3) is 5.91 Å². The summed E-state index contributed by atoms with van der Waals surface area (Å²) in [4.78, 5) is 11.8. The molecule has 100 valence electrons. The van der Waals surface area contributed by atoms with Gasteiger partial charge in [0.05, 0.1) is 15.4 Å². The fraction of sp³-hybridized carbons (Fsp3) is 0.462. The van der Waals surface area contributed by atoms with E-state index in [9.17, 15) is 9.18 Å². The Balaban J connectivity index is 2.58. The molecule has 0 heterocycles. The molecular weight excluding hydrogens is 321 g/mol. The zero-order chi connectivity index (χ0) is 13.7. The topological polar surface area (TPSA) is 29.1 Å². The second-order valence-electron chi connectivity index (χ2n) is 4.54. The summed E-state index contributed by atoms with van der Waals surface area (Å²) >= 11 is 9.11. The van der Waals surface area contributed by atoms with Crippen LogP contribution >= 0.6 is 27.5 Å².